The first kappa shape index (κ1) is 15.3. The first-order chi connectivity index (χ1) is 8.84. The molecule has 0 aliphatic heterocycles. The molecular formula is C12H15F3N2O2. The normalized spacial score (nSPS) is 11.2. The molecule has 0 saturated heterocycles. The van der Waals surface area contributed by atoms with Gasteiger partial charge in [0.25, 0.3) is 0 Å². The number of alkyl halides is 3. The number of hydrogen-bond donors (Lipinski definition) is 1. The van der Waals surface area contributed by atoms with Gasteiger partial charge in [0, 0.05) is 5.56 Å². The van der Waals surface area contributed by atoms with Gasteiger partial charge in [0.2, 0.25) is 5.88 Å². The minimum atomic E-state index is -4.91. The van der Waals surface area contributed by atoms with Gasteiger partial charge in [0.15, 0.2) is 0 Å². The molecule has 0 spiro atoms. The first-order valence-electron chi connectivity index (χ1n) is 5.82. The van der Waals surface area contributed by atoms with Crippen LogP contribution in [0.2, 0.25) is 0 Å². The zero-order valence-corrected chi connectivity index (χ0v) is 10.7. The smallest absolute Gasteiger partial charge is 0.471 e. The van der Waals surface area contributed by atoms with Crippen LogP contribution in [0.5, 0.6) is 5.88 Å². The Balaban J connectivity index is 2.69. The third kappa shape index (κ3) is 4.76. The number of carbonyl (C=O) groups excluding carboxylic acids is 1. The molecule has 0 atom stereocenters. The second-order valence-electron chi connectivity index (χ2n) is 4.00. The molecule has 0 aromatic carbocycles. The van der Waals surface area contributed by atoms with E-state index in [0.717, 1.165) is 19.0 Å². The van der Waals surface area contributed by atoms with Crippen molar-refractivity contribution in [3.8, 4) is 5.88 Å². The van der Waals surface area contributed by atoms with Crippen molar-refractivity contribution in [3.05, 3.63) is 17.8 Å². The monoisotopic (exact) mass is 276 g/mol. The summed E-state index contributed by atoms with van der Waals surface area (Å²) in [6, 6.07) is 1.39. The van der Waals surface area contributed by atoms with Crippen molar-refractivity contribution in [2.45, 2.75) is 32.9 Å². The lowest BCUT2D eigenvalue weighted by Crippen LogP contribution is -2.30. The Hall–Kier alpha value is -1.79. The van der Waals surface area contributed by atoms with E-state index in [0.29, 0.717) is 18.1 Å². The highest BCUT2D eigenvalue weighted by molar-refractivity contribution is 5.94. The predicted octanol–water partition coefficient (Wildman–Crippen LogP) is 3.07. The molecule has 1 amide bonds. The van der Waals surface area contributed by atoms with Crippen molar-refractivity contribution < 1.29 is 22.7 Å². The highest BCUT2D eigenvalue weighted by atomic mass is 19.4. The lowest BCUT2D eigenvalue weighted by atomic mass is 10.2. The molecule has 0 saturated carbocycles. The first-order valence-corrected chi connectivity index (χ1v) is 5.82. The molecule has 4 nitrogen and oxygen atoms in total. The van der Waals surface area contributed by atoms with Gasteiger partial charge in [-0.25, -0.2) is 4.98 Å². The van der Waals surface area contributed by atoms with Crippen LogP contribution in [-0.2, 0) is 4.79 Å². The van der Waals surface area contributed by atoms with Gasteiger partial charge in [-0.15, -0.1) is 0 Å². The summed E-state index contributed by atoms with van der Waals surface area (Å²) in [4.78, 5) is 14.6. The number of ether oxygens (including phenoxy) is 1. The van der Waals surface area contributed by atoms with Crippen LogP contribution in [0.15, 0.2) is 12.3 Å². The molecule has 1 aromatic rings. The molecule has 0 bridgehead atoms. The number of halogens is 3. The summed E-state index contributed by atoms with van der Waals surface area (Å²) in [5, 5.41) is 1.74. The van der Waals surface area contributed by atoms with Crippen molar-refractivity contribution in [1.29, 1.82) is 0 Å². The molecule has 1 heterocycles. The van der Waals surface area contributed by atoms with E-state index in [1.807, 2.05) is 6.92 Å². The van der Waals surface area contributed by atoms with Crippen LogP contribution in [0.25, 0.3) is 0 Å². The largest absolute Gasteiger partial charge is 0.477 e. The van der Waals surface area contributed by atoms with Crippen molar-refractivity contribution in [2.75, 3.05) is 11.9 Å². The van der Waals surface area contributed by atoms with Crippen molar-refractivity contribution in [3.63, 3.8) is 0 Å². The summed E-state index contributed by atoms with van der Waals surface area (Å²) < 4.78 is 41.5. The van der Waals surface area contributed by atoms with Gasteiger partial charge in [-0.1, -0.05) is 13.3 Å². The minimum absolute atomic E-state index is 0.0114. The molecular weight excluding hydrogens is 261 g/mol. The number of unbranched alkanes of at least 4 members (excludes halogenated alkanes) is 1. The predicted molar refractivity (Wildman–Crippen MR) is 64.1 cm³/mol. The van der Waals surface area contributed by atoms with Gasteiger partial charge < -0.3 is 10.1 Å². The number of nitrogens with one attached hydrogen (secondary N) is 1. The zero-order chi connectivity index (χ0) is 14.5. The maximum absolute atomic E-state index is 12.1. The molecule has 19 heavy (non-hydrogen) atoms. The van der Waals surface area contributed by atoms with Gasteiger partial charge in [0.05, 0.1) is 18.5 Å². The van der Waals surface area contributed by atoms with Crippen molar-refractivity contribution in [2.24, 2.45) is 0 Å². The number of carbonyl (C=O) groups is 1. The zero-order valence-electron chi connectivity index (χ0n) is 10.7. The lowest BCUT2D eigenvalue weighted by Gasteiger charge is -2.11. The molecule has 106 valence electrons. The number of nitrogens with zero attached hydrogens (tertiary/aromatic N) is 1. The Labute approximate surface area is 109 Å². The van der Waals surface area contributed by atoms with Crippen LogP contribution in [0.4, 0.5) is 18.9 Å². The topological polar surface area (TPSA) is 51.2 Å². The molecule has 1 N–H and O–H groups in total. The molecule has 0 unspecified atom stereocenters. The van der Waals surface area contributed by atoms with Crippen molar-refractivity contribution in [1.82, 2.24) is 4.98 Å². The summed E-state index contributed by atoms with van der Waals surface area (Å²) in [6.45, 7) is 4.16. The fourth-order valence-electron chi connectivity index (χ4n) is 1.30. The average molecular weight is 276 g/mol. The lowest BCUT2D eigenvalue weighted by molar-refractivity contribution is -0.167. The van der Waals surface area contributed by atoms with Gasteiger partial charge in [-0.05, 0) is 19.4 Å². The van der Waals surface area contributed by atoms with E-state index in [2.05, 4.69) is 4.98 Å². The number of aryl methyl sites for hydroxylation is 1. The van der Waals surface area contributed by atoms with Crippen LogP contribution in [0.1, 0.15) is 25.3 Å². The third-order valence-corrected chi connectivity index (χ3v) is 2.28. The van der Waals surface area contributed by atoms with E-state index < -0.39 is 12.1 Å². The molecule has 1 aromatic heterocycles. The summed E-state index contributed by atoms with van der Waals surface area (Å²) >= 11 is 0. The van der Waals surface area contributed by atoms with E-state index in [1.54, 1.807) is 12.2 Å². The summed E-state index contributed by atoms with van der Waals surface area (Å²) in [6.07, 6.45) is -1.94. The Bertz CT molecular complexity index is 447. The van der Waals surface area contributed by atoms with E-state index in [4.69, 9.17) is 4.74 Å². The second kappa shape index (κ2) is 6.40. The average Bonchev–Trinajstić information content (AvgIpc) is 2.31. The highest BCUT2D eigenvalue weighted by Gasteiger charge is 2.38. The second-order valence-corrected chi connectivity index (χ2v) is 4.00. The fraction of sp³-hybridized carbons (Fsp3) is 0.500. The summed E-state index contributed by atoms with van der Waals surface area (Å²) in [7, 11) is 0. The quantitative estimate of drug-likeness (QED) is 0.841. The summed E-state index contributed by atoms with van der Waals surface area (Å²) in [5.41, 5.74) is 0.554. The van der Waals surface area contributed by atoms with Gasteiger partial charge in [-0.2, -0.15) is 13.2 Å². The van der Waals surface area contributed by atoms with Crippen LogP contribution >= 0.6 is 0 Å². The van der Waals surface area contributed by atoms with E-state index in [1.165, 1.54) is 6.07 Å². The molecule has 7 heteroatoms. The van der Waals surface area contributed by atoms with Crippen molar-refractivity contribution >= 4 is 11.6 Å². The maximum atomic E-state index is 12.1. The SMILES string of the molecule is CCCCOc1ncc(NC(=O)C(F)(F)F)cc1C. The van der Waals surface area contributed by atoms with Crippen LogP contribution in [0.3, 0.4) is 0 Å². The molecule has 0 fully saturated rings. The Morgan fingerprint density at radius 3 is 2.68 bits per heavy atom. The van der Waals surface area contributed by atoms with Crippen LogP contribution < -0.4 is 10.1 Å². The fourth-order valence-corrected chi connectivity index (χ4v) is 1.30. The Kier molecular flexibility index (Phi) is 5.14. The minimum Gasteiger partial charge on any atom is -0.477 e. The third-order valence-electron chi connectivity index (χ3n) is 2.28. The van der Waals surface area contributed by atoms with Gasteiger partial charge >= 0.3 is 12.1 Å². The number of aromatic nitrogens is 1. The van der Waals surface area contributed by atoms with E-state index in [9.17, 15) is 18.0 Å². The highest BCUT2D eigenvalue weighted by Crippen LogP contribution is 2.21. The maximum Gasteiger partial charge on any atom is 0.471 e. The van der Waals surface area contributed by atoms with E-state index >= 15 is 0 Å². The number of rotatable bonds is 5. The van der Waals surface area contributed by atoms with Gasteiger partial charge in [0.1, 0.15) is 0 Å². The molecule has 0 aliphatic rings. The number of pyridine rings is 1. The number of amides is 1. The Morgan fingerprint density at radius 1 is 1.47 bits per heavy atom. The molecule has 0 radical (unpaired) electrons. The van der Waals surface area contributed by atoms with E-state index in [-0.39, 0.29) is 5.69 Å². The van der Waals surface area contributed by atoms with Crippen LogP contribution in [0, 0.1) is 6.92 Å². The van der Waals surface area contributed by atoms with Crippen LogP contribution in [-0.4, -0.2) is 23.7 Å². The number of anilines is 1. The number of hydrogen-bond acceptors (Lipinski definition) is 3. The van der Waals surface area contributed by atoms with Gasteiger partial charge in [-0.3, -0.25) is 4.79 Å². The standard InChI is InChI=1S/C12H15F3N2O2/c1-3-4-5-19-10-8(2)6-9(7-16-10)17-11(18)12(13,14)15/h6-7H,3-5H2,1-2H3,(H,17,18). The molecule has 1 rings (SSSR count). The molecule has 0 aliphatic carbocycles. The summed E-state index contributed by atoms with van der Waals surface area (Å²) in [5.74, 6) is -1.66. The Morgan fingerprint density at radius 2 is 2.16 bits per heavy atom.